The minimum absolute atomic E-state index is 0.0958. The number of carbonyl (C=O) groups excluding carboxylic acids is 1. The van der Waals surface area contributed by atoms with Gasteiger partial charge < -0.3 is 26.0 Å². The predicted molar refractivity (Wildman–Crippen MR) is 144 cm³/mol. The van der Waals surface area contributed by atoms with Crippen LogP contribution in [0.25, 0.3) is 22.0 Å². The summed E-state index contributed by atoms with van der Waals surface area (Å²) >= 11 is 0. The molecule has 0 aliphatic carbocycles. The number of rotatable bonds is 7. The molecule has 36 heavy (non-hydrogen) atoms. The van der Waals surface area contributed by atoms with Crippen molar-refractivity contribution >= 4 is 28.1 Å². The van der Waals surface area contributed by atoms with E-state index in [1.54, 1.807) is 13.2 Å². The number of hydrogen-bond donors (Lipinski definition) is 3. The van der Waals surface area contributed by atoms with Crippen LogP contribution < -0.4 is 21.1 Å². The van der Waals surface area contributed by atoms with Crippen LogP contribution in [-0.4, -0.2) is 55.1 Å². The number of anilines is 2. The number of nitrogens with zero attached hydrogens (tertiary/aromatic N) is 3. The van der Waals surface area contributed by atoms with Crippen molar-refractivity contribution in [2.45, 2.75) is 31.8 Å². The van der Waals surface area contributed by atoms with E-state index in [0.717, 1.165) is 41.4 Å². The first-order valence-corrected chi connectivity index (χ1v) is 12.0. The van der Waals surface area contributed by atoms with E-state index in [0.29, 0.717) is 35.3 Å². The molecule has 4 N–H and O–H groups in total. The van der Waals surface area contributed by atoms with Crippen molar-refractivity contribution in [2.75, 3.05) is 38.3 Å². The van der Waals surface area contributed by atoms with Crippen molar-refractivity contribution in [1.29, 1.82) is 5.26 Å². The molecule has 186 valence electrons. The lowest BCUT2D eigenvalue weighted by Crippen LogP contribution is -2.47. The molecule has 2 atom stereocenters. The zero-order valence-corrected chi connectivity index (χ0v) is 21.0. The zero-order chi connectivity index (χ0) is 25.8. The Kier molecular flexibility index (Phi) is 7.41. The molecule has 2 aromatic carbocycles. The van der Waals surface area contributed by atoms with Crippen LogP contribution in [0, 0.1) is 11.3 Å². The maximum absolute atomic E-state index is 13.1. The Balaban J connectivity index is 1.65. The Morgan fingerprint density at radius 2 is 2.08 bits per heavy atom. The summed E-state index contributed by atoms with van der Waals surface area (Å²) in [6.45, 7) is 7.15. The van der Waals surface area contributed by atoms with Gasteiger partial charge in [0.2, 0.25) is 0 Å². The lowest BCUT2D eigenvalue weighted by Gasteiger charge is -2.35. The highest BCUT2D eigenvalue weighted by molar-refractivity contribution is 6.00. The number of pyridine rings is 1. The standard InChI is InChI=1S/C28H32N6O2/c1-17(15-29)16-31-26-22-14-20(6-5-19(22)7-10-25(26)36-4)24-9-8-23(30)27(33-24)28(35)32-21-11-12-34(3)18(2)13-21/h5-10,14,18,21,31H,1,11-13,16,30H2,2-4H3,(H,32,35)/t18-,21+/m0/s1. The molecular weight excluding hydrogens is 452 g/mol. The Morgan fingerprint density at radius 1 is 1.31 bits per heavy atom. The van der Waals surface area contributed by atoms with Crippen LogP contribution in [-0.2, 0) is 0 Å². The van der Waals surface area contributed by atoms with Gasteiger partial charge in [0.1, 0.15) is 5.75 Å². The fraction of sp³-hybridized carbons (Fsp3) is 0.321. The van der Waals surface area contributed by atoms with E-state index in [-0.39, 0.29) is 17.6 Å². The number of aromatic nitrogens is 1. The van der Waals surface area contributed by atoms with Crippen LogP contribution in [0.5, 0.6) is 5.75 Å². The lowest BCUT2D eigenvalue weighted by molar-refractivity contribution is 0.0892. The smallest absolute Gasteiger partial charge is 0.272 e. The Morgan fingerprint density at radius 3 is 2.81 bits per heavy atom. The number of piperidine rings is 1. The molecule has 0 radical (unpaired) electrons. The third-order valence-electron chi connectivity index (χ3n) is 6.82. The summed E-state index contributed by atoms with van der Waals surface area (Å²) in [4.78, 5) is 20.1. The maximum atomic E-state index is 13.1. The number of hydrogen-bond acceptors (Lipinski definition) is 7. The largest absolute Gasteiger partial charge is 0.495 e. The number of nitriles is 1. The van der Waals surface area contributed by atoms with Gasteiger partial charge in [-0.25, -0.2) is 4.98 Å². The molecule has 0 spiro atoms. The molecule has 2 heterocycles. The van der Waals surface area contributed by atoms with Crippen molar-refractivity contribution in [3.05, 3.63) is 60.3 Å². The third kappa shape index (κ3) is 5.26. The number of benzene rings is 2. The molecule has 1 saturated heterocycles. The SMILES string of the molecule is C=C(C#N)CNc1c(OC)ccc2ccc(-c3ccc(N)c(C(=O)N[C@@H]4CCN(C)[C@@H](C)C4)n3)cc12. The Bertz CT molecular complexity index is 1350. The highest BCUT2D eigenvalue weighted by Crippen LogP contribution is 2.36. The first-order valence-electron chi connectivity index (χ1n) is 12.0. The highest BCUT2D eigenvalue weighted by Gasteiger charge is 2.25. The fourth-order valence-electron chi connectivity index (χ4n) is 4.53. The minimum atomic E-state index is -0.254. The van der Waals surface area contributed by atoms with Gasteiger partial charge in [0.25, 0.3) is 5.91 Å². The molecule has 4 rings (SSSR count). The number of ether oxygens (including phenoxy) is 1. The van der Waals surface area contributed by atoms with E-state index in [9.17, 15) is 4.79 Å². The van der Waals surface area contributed by atoms with Crippen molar-refractivity contribution in [1.82, 2.24) is 15.2 Å². The first-order chi connectivity index (χ1) is 17.3. The summed E-state index contributed by atoms with van der Waals surface area (Å²) in [5.41, 5.74) is 9.39. The molecule has 0 saturated carbocycles. The maximum Gasteiger partial charge on any atom is 0.272 e. The summed E-state index contributed by atoms with van der Waals surface area (Å²) in [5.74, 6) is 0.402. The quantitative estimate of drug-likeness (QED) is 0.431. The number of nitrogens with two attached hydrogens (primary N) is 1. The van der Waals surface area contributed by atoms with Gasteiger partial charge in [-0.2, -0.15) is 5.26 Å². The summed E-state index contributed by atoms with van der Waals surface area (Å²) in [5, 5.41) is 17.4. The summed E-state index contributed by atoms with van der Waals surface area (Å²) in [7, 11) is 3.71. The van der Waals surface area contributed by atoms with Gasteiger partial charge in [-0.1, -0.05) is 24.8 Å². The van der Waals surface area contributed by atoms with Gasteiger partial charge in [-0.3, -0.25) is 4.79 Å². The third-order valence-corrected chi connectivity index (χ3v) is 6.82. The summed E-state index contributed by atoms with van der Waals surface area (Å²) in [6, 6.07) is 15.9. The fourth-order valence-corrected chi connectivity index (χ4v) is 4.53. The van der Waals surface area contributed by atoms with Crippen molar-refractivity contribution < 1.29 is 9.53 Å². The molecule has 0 bridgehead atoms. The second-order valence-corrected chi connectivity index (χ2v) is 9.31. The van der Waals surface area contributed by atoms with Crippen molar-refractivity contribution in [3.63, 3.8) is 0 Å². The molecule has 3 aromatic rings. The zero-order valence-electron chi connectivity index (χ0n) is 21.0. The topological polar surface area (TPSA) is 116 Å². The molecular formula is C28H32N6O2. The van der Waals surface area contributed by atoms with Crippen molar-refractivity contribution in [3.8, 4) is 23.1 Å². The van der Waals surface area contributed by atoms with E-state index in [1.807, 2.05) is 36.4 Å². The van der Waals surface area contributed by atoms with E-state index in [2.05, 4.69) is 47.1 Å². The summed E-state index contributed by atoms with van der Waals surface area (Å²) in [6.07, 6.45) is 1.79. The van der Waals surface area contributed by atoms with E-state index < -0.39 is 0 Å². The van der Waals surface area contributed by atoms with E-state index in [1.165, 1.54) is 0 Å². The molecule has 1 aliphatic heterocycles. The number of nitrogen functional groups attached to an aromatic ring is 1. The lowest BCUT2D eigenvalue weighted by atomic mass is 9.98. The number of amides is 1. The number of carbonyl (C=O) groups is 1. The van der Waals surface area contributed by atoms with Gasteiger partial charge in [-0.15, -0.1) is 0 Å². The van der Waals surface area contributed by atoms with Gasteiger partial charge >= 0.3 is 0 Å². The normalized spacial score (nSPS) is 17.8. The monoisotopic (exact) mass is 484 g/mol. The molecule has 8 heteroatoms. The summed E-state index contributed by atoms with van der Waals surface area (Å²) < 4.78 is 5.55. The molecule has 8 nitrogen and oxygen atoms in total. The number of fused-ring (bicyclic) bond motifs is 1. The van der Waals surface area contributed by atoms with E-state index in [4.69, 9.17) is 15.7 Å². The number of methoxy groups -OCH3 is 1. The minimum Gasteiger partial charge on any atom is -0.495 e. The molecule has 0 unspecified atom stereocenters. The van der Waals surface area contributed by atoms with Crippen molar-refractivity contribution in [2.24, 2.45) is 0 Å². The van der Waals surface area contributed by atoms with E-state index >= 15 is 0 Å². The average molecular weight is 485 g/mol. The highest BCUT2D eigenvalue weighted by atomic mass is 16.5. The molecule has 1 fully saturated rings. The molecule has 1 aromatic heterocycles. The molecule has 1 aliphatic rings. The van der Waals surface area contributed by atoms with Crippen LogP contribution in [0.4, 0.5) is 11.4 Å². The van der Waals surface area contributed by atoms with Gasteiger partial charge in [-0.05, 0) is 56.5 Å². The van der Waals surface area contributed by atoms with Crippen LogP contribution in [0.15, 0.2) is 54.6 Å². The predicted octanol–water partition coefficient (Wildman–Crippen LogP) is 4.20. The van der Waals surface area contributed by atoms with Gasteiger partial charge in [0, 0.05) is 41.7 Å². The van der Waals surface area contributed by atoms with Crippen LogP contribution in [0.1, 0.15) is 30.3 Å². The van der Waals surface area contributed by atoms with Crippen LogP contribution in [0.2, 0.25) is 0 Å². The van der Waals surface area contributed by atoms with Crippen LogP contribution in [0.3, 0.4) is 0 Å². The second kappa shape index (κ2) is 10.7. The first kappa shape index (κ1) is 25.0. The Hall–Kier alpha value is -4.09. The average Bonchev–Trinajstić information content (AvgIpc) is 2.88. The second-order valence-electron chi connectivity index (χ2n) is 9.31. The van der Waals surface area contributed by atoms with Crippen LogP contribution >= 0.6 is 0 Å². The number of likely N-dealkylation sites (tertiary alicyclic amines) is 1. The van der Waals surface area contributed by atoms with Gasteiger partial charge in [0.05, 0.1) is 30.2 Å². The number of nitrogens with one attached hydrogen (secondary N) is 2. The Labute approximate surface area is 211 Å². The molecule has 1 amide bonds. The van der Waals surface area contributed by atoms with Gasteiger partial charge in [0.15, 0.2) is 5.69 Å².